The van der Waals surface area contributed by atoms with Gasteiger partial charge in [0.1, 0.15) is 0 Å². The van der Waals surface area contributed by atoms with Gasteiger partial charge < -0.3 is 4.90 Å². The van der Waals surface area contributed by atoms with E-state index in [4.69, 9.17) is 0 Å². The van der Waals surface area contributed by atoms with Gasteiger partial charge in [0.25, 0.3) is 0 Å². The van der Waals surface area contributed by atoms with Crippen LogP contribution in [0.1, 0.15) is 28.3 Å². The number of carbonyl (C=O) groups is 1. The predicted octanol–water partition coefficient (Wildman–Crippen LogP) is 4.26. The van der Waals surface area contributed by atoms with E-state index in [0.717, 1.165) is 23.8 Å². The van der Waals surface area contributed by atoms with E-state index in [1.54, 1.807) is 0 Å². The summed E-state index contributed by atoms with van der Waals surface area (Å²) in [5.41, 5.74) is 3.30. The zero-order valence-electron chi connectivity index (χ0n) is 11.1. The van der Waals surface area contributed by atoms with E-state index < -0.39 is 0 Å². The second kappa shape index (κ2) is 5.80. The first-order valence-corrected chi connectivity index (χ1v) is 7.62. The van der Waals surface area contributed by atoms with Crippen molar-refractivity contribution in [2.75, 3.05) is 18.0 Å². The maximum absolute atomic E-state index is 10.9. The van der Waals surface area contributed by atoms with Crippen molar-refractivity contribution in [1.29, 1.82) is 0 Å². The van der Waals surface area contributed by atoms with E-state index in [-0.39, 0.29) is 0 Å². The Kier molecular flexibility index (Phi) is 3.88. The van der Waals surface area contributed by atoms with Crippen molar-refractivity contribution < 1.29 is 4.79 Å². The lowest BCUT2D eigenvalue weighted by Gasteiger charge is -2.19. The number of carbonyl (C=O) groups excluding carboxylic acids is 1. The molecular formula is C17H16BrNO. The molecule has 3 rings (SSSR count). The third kappa shape index (κ3) is 2.63. The molecule has 1 atom stereocenters. The normalized spacial score (nSPS) is 18.2. The van der Waals surface area contributed by atoms with Gasteiger partial charge in [0.05, 0.1) is 0 Å². The molecule has 0 bridgehead atoms. The van der Waals surface area contributed by atoms with Crippen LogP contribution in [0.4, 0.5) is 5.69 Å². The van der Waals surface area contributed by atoms with Crippen molar-refractivity contribution in [3.63, 3.8) is 0 Å². The molecule has 1 aliphatic heterocycles. The minimum Gasteiger partial charge on any atom is -0.371 e. The molecular weight excluding hydrogens is 314 g/mol. The number of nitrogens with zero attached hydrogens (tertiary/aromatic N) is 1. The lowest BCUT2D eigenvalue weighted by molar-refractivity contribution is 0.112. The predicted molar refractivity (Wildman–Crippen MR) is 85.5 cm³/mol. The minimum atomic E-state index is 0.598. The monoisotopic (exact) mass is 329 g/mol. The molecule has 1 fully saturated rings. The molecule has 102 valence electrons. The molecule has 0 radical (unpaired) electrons. The van der Waals surface area contributed by atoms with Gasteiger partial charge in [-0.2, -0.15) is 0 Å². The molecule has 1 heterocycles. The average molecular weight is 330 g/mol. The molecule has 0 N–H and O–H groups in total. The maximum Gasteiger partial charge on any atom is 0.151 e. The molecule has 3 heteroatoms. The highest BCUT2D eigenvalue weighted by Gasteiger charge is 2.24. The van der Waals surface area contributed by atoms with Gasteiger partial charge in [-0.05, 0) is 46.1 Å². The van der Waals surface area contributed by atoms with E-state index in [1.807, 2.05) is 18.2 Å². The van der Waals surface area contributed by atoms with Crippen LogP contribution >= 0.6 is 15.9 Å². The molecule has 0 amide bonds. The summed E-state index contributed by atoms with van der Waals surface area (Å²) in [7, 11) is 0. The van der Waals surface area contributed by atoms with Crippen LogP contribution in [0.15, 0.2) is 53.0 Å². The number of benzene rings is 2. The number of aldehydes is 1. The summed E-state index contributed by atoms with van der Waals surface area (Å²) in [6, 6.07) is 16.6. The van der Waals surface area contributed by atoms with Gasteiger partial charge >= 0.3 is 0 Å². The van der Waals surface area contributed by atoms with Crippen molar-refractivity contribution in [2.45, 2.75) is 12.3 Å². The molecule has 1 saturated heterocycles. The average Bonchev–Trinajstić information content (AvgIpc) is 2.98. The fourth-order valence-electron chi connectivity index (χ4n) is 2.80. The van der Waals surface area contributed by atoms with Gasteiger partial charge in [-0.25, -0.2) is 0 Å². The summed E-state index contributed by atoms with van der Waals surface area (Å²) in [6.45, 7) is 2.10. The van der Waals surface area contributed by atoms with Crippen molar-refractivity contribution in [2.24, 2.45) is 0 Å². The lowest BCUT2D eigenvalue weighted by Crippen LogP contribution is -2.19. The van der Waals surface area contributed by atoms with Gasteiger partial charge in [0, 0.05) is 34.7 Å². The number of halogens is 1. The Hall–Kier alpha value is -1.61. The van der Waals surface area contributed by atoms with Gasteiger partial charge in [0.2, 0.25) is 0 Å². The molecule has 0 spiro atoms. The Morgan fingerprint density at radius 1 is 1.15 bits per heavy atom. The Morgan fingerprint density at radius 2 is 1.95 bits per heavy atom. The summed E-state index contributed by atoms with van der Waals surface area (Å²) in [5.74, 6) is 0.598. The van der Waals surface area contributed by atoms with Gasteiger partial charge in [-0.3, -0.25) is 4.79 Å². The summed E-state index contributed by atoms with van der Waals surface area (Å²) in [6.07, 6.45) is 2.06. The molecule has 2 aromatic carbocycles. The smallest absolute Gasteiger partial charge is 0.151 e. The fraction of sp³-hybridized carbons (Fsp3) is 0.235. The SMILES string of the molecule is O=Cc1ccc(N2CCC(c3ccccc3)C2)cc1Br. The topological polar surface area (TPSA) is 20.3 Å². The first-order chi connectivity index (χ1) is 9.78. The summed E-state index contributed by atoms with van der Waals surface area (Å²) < 4.78 is 0.869. The number of hydrogen-bond acceptors (Lipinski definition) is 2. The molecule has 1 unspecified atom stereocenters. The largest absolute Gasteiger partial charge is 0.371 e. The van der Waals surface area contributed by atoms with Crippen molar-refractivity contribution in [3.8, 4) is 0 Å². The van der Waals surface area contributed by atoms with E-state index in [2.05, 4.69) is 51.2 Å². The standard InChI is InChI=1S/C17H16BrNO/c18-17-10-16(7-6-15(17)12-20)19-9-8-14(11-19)13-4-2-1-3-5-13/h1-7,10,12,14H,8-9,11H2. The molecule has 2 aromatic rings. The van der Waals surface area contributed by atoms with E-state index in [0.29, 0.717) is 11.5 Å². The second-order valence-corrected chi connectivity index (χ2v) is 6.02. The molecule has 0 aromatic heterocycles. The lowest BCUT2D eigenvalue weighted by atomic mass is 9.99. The third-order valence-electron chi connectivity index (χ3n) is 3.94. The molecule has 0 aliphatic carbocycles. The highest BCUT2D eigenvalue weighted by Crippen LogP contribution is 2.32. The van der Waals surface area contributed by atoms with E-state index >= 15 is 0 Å². The van der Waals surface area contributed by atoms with E-state index in [9.17, 15) is 4.79 Å². The van der Waals surface area contributed by atoms with Gasteiger partial charge in [0.15, 0.2) is 6.29 Å². The van der Waals surface area contributed by atoms with Crippen molar-refractivity contribution >= 4 is 27.9 Å². The zero-order valence-corrected chi connectivity index (χ0v) is 12.7. The Bertz CT molecular complexity index is 612. The second-order valence-electron chi connectivity index (χ2n) is 5.17. The highest BCUT2D eigenvalue weighted by molar-refractivity contribution is 9.10. The van der Waals surface area contributed by atoms with E-state index in [1.165, 1.54) is 17.7 Å². The van der Waals surface area contributed by atoms with Crippen LogP contribution in [0.5, 0.6) is 0 Å². The van der Waals surface area contributed by atoms with Crippen molar-refractivity contribution in [3.05, 3.63) is 64.1 Å². The Balaban J connectivity index is 1.77. The number of anilines is 1. The fourth-order valence-corrected chi connectivity index (χ4v) is 3.26. The summed E-state index contributed by atoms with van der Waals surface area (Å²) >= 11 is 3.46. The van der Waals surface area contributed by atoms with Crippen LogP contribution in [-0.4, -0.2) is 19.4 Å². The van der Waals surface area contributed by atoms with Gasteiger partial charge in [-0.15, -0.1) is 0 Å². The first kappa shape index (κ1) is 13.4. The summed E-state index contributed by atoms with van der Waals surface area (Å²) in [5, 5.41) is 0. The molecule has 20 heavy (non-hydrogen) atoms. The Labute approximate surface area is 127 Å². The quantitative estimate of drug-likeness (QED) is 0.784. The Morgan fingerprint density at radius 3 is 2.65 bits per heavy atom. The van der Waals surface area contributed by atoms with Crippen LogP contribution in [0, 0.1) is 0 Å². The molecule has 2 nitrogen and oxygen atoms in total. The third-order valence-corrected chi connectivity index (χ3v) is 4.62. The van der Waals surface area contributed by atoms with Crippen LogP contribution < -0.4 is 4.90 Å². The molecule has 0 saturated carbocycles. The zero-order chi connectivity index (χ0) is 13.9. The number of rotatable bonds is 3. The maximum atomic E-state index is 10.9. The minimum absolute atomic E-state index is 0.598. The van der Waals surface area contributed by atoms with Crippen LogP contribution in [0.25, 0.3) is 0 Å². The van der Waals surface area contributed by atoms with Crippen LogP contribution in [0.3, 0.4) is 0 Å². The first-order valence-electron chi connectivity index (χ1n) is 6.82. The summed E-state index contributed by atoms with van der Waals surface area (Å²) in [4.78, 5) is 13.2. The number of hydrogen-bond donors (Lipinski definition) is 0. The van der Waals surface area contributed by atoms with Gasteiger partial charge in [-0.1, -0.05) is 30.3 Å². The van der Waals surface area contributed by atoms with Crippen LogP contribution in [0.2, 0.25) is 0 Å². The molecule has 1 aliphatic rings. The van der Waals surface area contributed by atoms with Crippen LogP contribution in [-0.2, 0) is 0 Å². The highest BCUT2D eigenvalue weighted by atomic mass is 79.9. The van der Waals surface area contributed by atoms with Crippen molar-refractivity contribution in [1.82, 2.24) is 0 Å².